The smallest absolute Gasteiger partial charge is 0.397 e. The highest BCUT2D eigenvalue weighted by Crippen LogP contribution is 2.40. The minimum Gasteiger partial charge on any atom is -0.463 e. The van der Waals surface area contributed by atoms with E-state index in [0.29, 0.717) is 18.6 Å². The Balaban J connectivity index is 2.15. The second kappa shape index (κ2) is 29.4. The van der Waals surface area contributed by atoms with Crippen molar-refractivity contribution in [3.8, 4) is 5.75 Å². The third kappa shape index (κ3) is 24.9. The van der Waals surface area contributed by atoms with Gasteiger partial charge in [0.15, 0.2) is 0 Å². The molecule has 0 saturated heterocycles. The number of rotatable bonds is 30. The summed E-state index contributed by atoms with van der Waals surface area (Å²) in [6.45, 7) is 5.09. The van der Waals surface area contributed by atoms with Crippen molar-refractivity contribution in [3.05, 3.63) is 30.3 Å². The number of carbonyl (C=O) groups is 2. The molecule has 0 unspecified atom stereocenters. The summed E-state index contributed by atoms with van der Waals surface area (Å²) in [6.07, 6.45) is 22.7. The van der Waals surface area contributed by atoms with E-state index in [2.05, 4.69) is 13.8 Å². The van der Waals surface area contributed by atoms with Gasteiger partial charge in [0.2, 0.25) is 0 Å². The van der Waals surface area contributed by atoms with Crippen molar-refractivity contribution in [3.63, 3.8) is 0 Å². The number of para-hydroxylation sites is 1. The maximum atomic E-state index is 12.1. The van der Waals surface area contributed by atoms with Crippen molar-refractivity contribution in [2.45, 2.75) is 142 Å². The molecule has 0 bridgehead atoms. The normalized spacial score (nSPS) is 11.1. The predicted molar refractivity (Wildman–Crippen MR) is 171 cm³/mol. The van der Waals surface area contributed by atoms with E-state index in [-0.39, 0.29) is 38.4 Å². The minimum absolute atomic E-state index is 0.143. The van der Waals surface area contributed by atoms with E-state index in [1.807, 2.05) is 30.3 Å². The lowest BCUT2D eigenvalue weighted by Gasteiger charge is -2.17. The minimum atomic E-state index is -1.73. The van der Waals surface area contributed by atoms with Crippen LogP contribution in [0.2, 0.25) is 0 Å². The van der Waals surface area contributed by atoms with Crippen LogP contribution in [-0.2, 0) is 28.1 Å². The lowest BCUT2D eigenvalue weighted by atomic mass is 10.1. The van der Waals surface area contributed by atoms with Gasteiger partial charge in [-0.25, -0.2) is 0 Å². The van der Waals surface area contributed by atoms with E-state index >= 15 is 0 Å². The number of unbranched alkanes of at least 4 members (excludes halogenated alkanes) is 16. The molecule has 0 saturated carbocycles. The Morgan fingerprint density at radius 2 is 0.905 bits per heavy atom. The Bertz CT molecular complexity index is 705. The zero-order chi connectivity index (χ0) is 30.4. The summed E-state index contributed by atoms with van der Waals surface area (Å²) in [5.74, 6) is 0.220. The summed E-state index contributed by atoms with van der Waals surface area (Å²) in [7, 11) is -1.73. The number of benzene rings is 1. The molecule has 1 aromatic carbocycles. The molecule has 7 nitrogen and oxygen atoms in total. The molecule has 0 aromatic heterocycles. The van der Waals surface area contributed by atoms with Gasteiger partial charge in [-0.3, -0.25) is 18.6 Å². The number of esters is 2. The summed E-state index contributed by atoms with van der Waals surface area (Å²) >= 11 is 0. The monoisotopic (exact) mass is 610 g/mol. The molecule has 0 amide bonds. The van der Waals surface area contributed by atoms with Crippen LogP contribution < -0.4 is 4.52 Å². The summed E-state index contributed by atoms with van der Waals surface area (Å²) in [5, 5.41) is 0. The molecule has 0 fully saturated rings. The van der Waals surface area contributed by atoms with Crippen LogP contribution in [0.1, 0.15) is 142 Å². The standard InChI is InChI=1S/C34H59O7P/c1-3-5-7-9-11-13-15-17-22-26-33(35)37-28-30-39-42(41-32-24-20-19-21-25-32)40-31-29-38-34(36)27-23-18-16-14-12-10-8-6-4-2/h19-21,24-25H,3-18,22-23,26-31H2,1-2H3. The van der Waals surface area contributed by atoms with Crippen LogP contribution in [0.25, 0.3) is 0 Å². The molecule has 1 aromatic rings. The first-order valence-corrected chi connectivity index (χ1v) is 17.9. The topological polar surface area (TPSA) is 80.3 Å². The van der Waals surface area contributed by atoms with Gasteiger partial charge in [0.1, 0.15) is 19.0 Å². The van der Waals surface area contributed by atoms with Crippen LogP contribution in [0.15, 0.2) is 30.3 Å². The fraction of sp³-hybridized carbons (Fsp3) is 0.765. The van der Waals surface area contributed by atoms with Gasteiger partial charge in [0, 0.05) is 12.8 Å². The zero-order valence-electron chi connectivity index (χ0n) is 26.7. The highest BCUT2D eigenvalue weighted by Gasteiger charge is 2.16. The second-order valence-corrected chi connectivity index (χ2v) is 12.0. The van der Waals surface area contributed by atoms with Gasteiger partial charge >= 0.3 is 20.5 Å². The molecule has 0 aliphatic rings. The molecule has 0 N–H and O–H groups in total. The molecule has 0 aliphatic carbocycles. The molecule has 0 heterocycles. The third-order valence-corrected chi connectivity index (χ3v) is 8.12. The quantitative estimate of drug-likeness (QED) is 0.0487. The van der Waals surface area contributed by atoms with Crippen molar-refractivity contribution in [1.29, 1.82) is 0 Å². The average molecular weight is 611 g/mol. The molecule has 1 rings (SSSR count). The number of hydrogen-bond donors (Lipinski definition) is 0. The highest BCUT2D eigenvalue weighted by atomic mass is 31.2. The predicted octanol–water partition coefficient (Wildman–Crippen LogP) is 10.3. The summed E-state index contributed by atoms with van der Waals surface area (Å²) in [6, 6.07) is 9.27. The van der Waals surface area contributed by atoms with Crippen LogP contribution in [0.4, 0.5) is 0 Å². The van der Waals surface area contributed by atoms with Crippen molar-refractivity contribution in [1.82, 2.24) is 0 Å². The molecule has 8 heteroatoms. The Morgan fingerprint density at radius 3 is 1.31 bits per heavy atom. The summed E-state index contributed by atoms with van der Waals surface area (Å²) < 4.78 is 28.0. The van der Waals surface area contributed by atoms with Crippen molar-refractivity contribution in [2.75, 3.05) is 26.4 Å². The molecule has 0 aliphatic heterocycles. The van der Waals surface area contributed by atoms with Crippen molar-refractivity contribution < 1.29 is 32.6 Å². The lowest BCUT2D eigenvalue weighted by molar-refractivity contribution is -0.145. The maximum absolute atomic E-state index is 12.1. The second-order valence-electron chi connectivity index (χ2n) is 10.9. The van der Waals surface area contributed by atoms with Crippen LogP contribution >= 0.6 is 8.60 Å². The number of hydrogen-bond acceptors (Lipinski definition) is 7. The first-order chi connectivity index (χ1) is 20.7. The summed E-state index contributed by atoms with van der Waals surface area (Å²) in [4.78, 5) is 24.1. The first-order valence-electron chi connectivity index (χ1n) is 16.8. The summed E-state index contributed by atoms with van der Waals surface area (Å²) in [5.41, 5.74) is 0. The largest absolute Gasteiger partial charge is 0.463 e. The zero-order valence-corrected chi connectivity index (χ0v) is 27.6. The van der Waals surface area contributed by atoms with E-state index in [4.69, 9.17) is 23.0 Å². The number of carbonyl (C=O) groups excluding carboxylic acids is 2. The fourth-order valence-corrected chi connectivity index (χ4v) is 5.42. The van der Waals surface area contributed by atoms with Gasteiger partial charge in [0.05, 0.1) is 13.2 Å². The third-order valence-electron chi connectivity index (χ3n) is 6.98. The van der Waals surface area contributed by atoms with E-state index in [1.54, 1.807) is 0 Å². The van der Waals surface area contributed by atoms with Gasteiger partial charge < -0.3 is 14.0 Å². The van der Waals surface area contributed by atoms with Crippen LogP contribution in [0.3, 0.4) is 0 Å². The van der Waals surface area contributed by atoms with E-state index in [9.17, 15) is 9.59 Å². The Kier molecular flexibility index (Phi) is 26.8. The van der Waals surface area contributed by atoms with Gasteiger partial charge in [-0.05, 0) is 25.0 Å². The highest BCUT2D eigenvalue weighted by molar-refractivity contribution is 7.42. The average Bonchev–Trinajstić information content (AvgIpc) is 3.00. The van der Waals surface area contributed by atoms with E-state index in [1.165, 1.54) is 89.9 Å². The van der Waals surface area contributed by atoms with Crippen LogP contribution in [0.5, 0.6) is 5.75 Å². The van der Waals surface area contributed by atoms with Crippen LogP contribution in [0, 0.1) is 0 Å². The van der Waals surface area contributed by atoms with Gasteiger partial charge in [-0.1, -0.05) is 135 Å². The van der Waals surface area contributed by atoms with Gasteiger partial charge in [-0.15, -0.1) is 0 Å². The molecular weight excluding hydrogens is 551 g/mol. The maximum Gasteiger partial charge on any atom is 0.397 e. The molecule has 42 heavy (non-hydrogen) atoms. The first kappa shape index (κ1) is 38.3. The molecule has 0 atom stereocenters. The van der Waals surface area contributed by atoms with Crippen LogP contribution in [-0.4, -0.2) is 38.4 Å². The Morgan fingerprint density at radius 1 is 0.524 bits per heavy atom. The molecule has 242 valence electrons. The SMILES string of the molecule is CCCCCCCCCCCC(=O)OCCOP(OCCOC(=O)CCCCCCCCCCC)Oc1ccccc1. The van der Waals surface area contributed by atoms with Gasteiger partial charge in [-0.2, -0.15) is 0 Å². The van der Waals surface area contributed by atoms with E-state index in [0.717, 1.165) is 25.7 Å². The lowest BCUT2D eigenvalue weighted by Crippen LogP contribution is -2.12. The Labute approximate surface area is 257 Å². The van der Waals surface area contributed by atoms with Gasteiger partial charge in [0.25, 0.3) is 0 Å². The van der Waals surface area contributed by atoms with Crippen molar-refractivity contribution >= 4 is 20.5 Å². The molecule has 0 radical (unpaired) electrons. The Hall–Kier alpha value is -1.69. The van der Waals surface area contributed by atoms with E-state index < -0.39 is 8.60 Å². The molecule has 0 spiro atoms. The molecular formula is C34H59O7P. The number of ether oxygens (including phenoxy) is 2. The van der Waals surface area contributed by atoms with Crippen molar-refractivity contribution in [2.24, 2.45) is 0 Å². The fourth-order valence-electron chi connectivity index (χ4n) is 4.50.